The third-order valence-electron chi connectivity index (χ3n) is 9.22. The second-order valence-corrected chi connectivity index (χ2v) is 14.1. The van der Waals surface area contributed by atoms with Gasteiger partial charge >= 0.3 is 11.9 Å². The van der Waals surface area contributed by atoms with Crippen LogP contribution in [0, 0.1) is 5.92 Å². The van der Waals surface area contributed by atoms with Gasteiger partial charge in [0.25, 0.3) is 0 Å². The highest BCUT2D eigenvalue weighted by Crippen LogP contribution is 2.22. The molecule has 0 aromatic heterocycles. The van der Waals surface area contributed by atoms with Crippen LogP contribution >= 0.6 is 0 Å². The second-order valence-electron chi connectivity index (χ2n) is 14.1. The largest absolute Gasteiger partial charge is 0.462 e. The summed E-state index contributed by atoms with van der Waals surface area (Å²) in [5.41, 5.74) is 0. The summed E-state index contributed by atoms with van der Waals surface area (Å²) < 4.78 is 11.9. The first-order chi connectivity index (χ1) is 21.9. The zero-order valence-electron chi connectivity index (χ0n) is 31.2. The maximum Gasteiger partial charge on any atom is 0.309 e. The quantitative estimate of drug-likeness (QED) is 0.0511. The summed E-state index contributed by atoms with van der Waals surface area (Å²) in [6.45, 7) is 7.97. The van der Waals surface area contributed by atoms with Crippen molar-refractivity contribution in [1.29, 1.82) is 0 Å². The van der Waals surface area contributed by atoms with Gasteiger partial charge in [0.1, 0.15) is 12.7 Å². The highest BCUT2D eigenvalue weighted by molar-refractivity contribution is 5.72. The Balaban J connectivity index is 4.86. The summed E-state index contributed by atoms with van der Waals surface area (Å²) in [4.78, 5) is 28.2. The minimum atomic E-state index is -0.322. The normalized spacial score (nSPS) is 12.2. The van der Waals surface area contributed by atoms with Crippen LogP contribution in [0.2, 0.25) is 0 Å². The van der Waals surface area contributed by atoms with Crippen LogP contribution in [0.5, 0.6) is 0 Å². The molecule has 0 aromatic rings. The van der Waals surface area contributed by atoms with E-state index >= 15 is 0 Å². The van der Waals surface area contributed by atoms with Gasteiger partial charge in [-0.25, -0.2) is 0 Å². The van der Waals surface area contributed by atoms with Crippen molar-refractivity contribution in [3.05, 3.63) is 0 Å². The molecule has 0 fully saturated rings. The van der Waals surface area contributed by atoms with Crippen LogP contribution in [-0.4, -0.2) is 50.2 Å². The molecule has 0 bridgehead atoms. The molecule has 0 saturated carbocycles. The molecule has 5 heteroatoms. The molecule has 5 nitrogen and oxygen atoms in total. The van der Waals surface area contributed by atoms with Crippen LogP contribution in [0.4, 0.5) is 0 Å². The van der Waals surface area contributed by atoms with Gasteiger partial charge in [0.15, 0.2) is 0 Å². The van der Waals surface area contributed by atoms with Crippen LogP contribution in [0.1, 0.15) is 207 Å². The van der Waals surface area contributed by atoms with E-state index in [4.69, 9.17) is 9.47 Å². The maximum absolute atomic E-state index is 13.4. The van der Waals surface area contributed by atoms with Crippen molar-refractivity contribution in [3.63, 3.8) is 0 Å². The zero-order valence-corrected chi connectivity index (χ0v) is 31.2. The van der Waals surface area contributed by atoms with Gasteiger partial charge in [0.05, 0.1) is 5.92 Å². The van der Waals surface area contributed by atoms with E-state index in [9.17, 15) is 9.59 Å². The van der Waals surface area contributed by atoms with Crippen LogP contribution < -0.4 is 0 Å². The summed E-state index contributed by atoms with van der Waals surface area (Å²) in [5.74, 6) is -0.231. The highest BCUT2D eigenvalue weighted by Gasteiger charge is 2.22. The molecular weight excluding hydrogens is 558 g/mol. The Labute approximate surface area is 281 Å². The average molecular weight is 638 g/mol. The van der Waals surface area contributed by atoms with Gasteiger partial charge < -0.3 is 14.4 Å². The molecular formula is C40H79NO4. The standard InChI is InChI=1S/C40H79NO4/c1-6-9-12-15-18-19-22-25-28-33-38(45-39(42)34-29-30-35-41(4)5)36-44-40(43)37(31-26-23-20-16-13-10-7-2)32-27-24-21-17-14-11-8-3/h37-38H,6-36H2,1-5H3. The second kappa shape index (κ2) is 34.2. The summed E-state index contributed by atoms with van der Waals surface area (Å²) in [5, 5.41) is 0. The first-order valence-electron chi connectivity index (χ1n) is 19.9. The Hall–Kier alpha value is -1.10. The van der Waals surface area contributed by atoms with Gasteiger partial charge in [-0.15, -0.1) is 0 Å². The number of unbranched alkanes of at least 4 members (excludes halogenated alkanes) is 21. The predicted octanol–water partition coefficient (Wildman–Crippen LogP) is 12.0. The van der Waals surface area contributed by atoms with Gasteiger partial charge in [-0.05, 0) is 59.2 Å². The van der Waals surface area contributed by atoms with E-state index in [1.807, 2.05) is 0 Å². The molecule has 0 aliphatic heterocycles. The predicted molar refractivity (Wildman–Crippen MR) is 194 cm³/mol. The fourth-order valence-electron chi connectivity index (χ4n) is 6.17. The highest BCUT2D eigenvalue weighted by atomic mass is 16.6. The first kappa shape index (κ1) is 43.9. The van der Waals surface area contributed by atoms with Crippen LogP contribution in [0.15, 0.2) is 0 Å². The lowest BCUT2D eigenvalue weighted by atomic mass is 9.94. The van der Waals surface area contributed by atoms with Gasteiger partial charge in [-0.3, -0.25) is 9.59 Å². The molecule has 0 saturated heterocycles. The summed E-state index contributed by atoms with van der Waals surface area (Å²) in [6.07, 6.45) is 33.6. The van der Waals surface area contributed by atoms with Crippen molar-refractivity contribution in [2.75, 3.05) is 27.2 Å². The molecule has 1 unspecified atom stereocenters. The summed E-state index contributed by atoms with van der Waals surface area (Å²) in [7, 11) is 4.12. The van der Waals surface area contributed by atoms with Crippen LogP contribution in [0.25, 0.3) is 0 Å². The Morgan fingerprint density at radius 2 is 0.911 bits per heavy atom. The average Bonchev–Trinajstić information content (AvgIpc) is 3.02. The van der Waals surface area contributed by atoms with Crippen molar-refractivity contribution in [2.24, 2.45) is 5.92 Å². The van der Waals surface area contributed by atoms with E-state index in [-0.39, 0.29) is 30.6 Å². The lowest BCUT2D eigenvalue weighted by Gasteiger charge is -2.21. The number of hydrogen-bond acceptors (Lipinski definition) is 5. The molecule has 0 heterocycles. The molecule has 268 valence electrons. The molecule has 0 aliphatic rings. The lowest BCUT2D eigenvalue weighted by molar-refractivity contribution is -0.162. The van der Waals surface area contributed by atoms with Crippen molar-refractivity contribution < 1.29 is 19.1 Å². The van der Waals surface area contributed by atoms with Crippen LogP contribution in [-0.2, 0) is 19.1 Å². The summed E-state index contributed by atoms with van der Waals surface area (Å²) in [6, 6.07) is 0. The number of carbonyl (C=O) groups excluding carboxylic acids is 2. The SMILES string of the molecule is CCCCCCCCCCCC(COC(=O)C(CCCCCCCCC)CCCCCCCCC)OC(=O)CCCCN(C)C. The Bertz CT molecular complexity index is 620. The first-order valence-corrected chi connectivity index (χ1v) is 19.9. The fraction of sp³-hybridized carbons (Fsp3) is 0.950. The van der Waals surface area contributed by atoms with Gasteiger partial charge in [0, 0.05) is 6.42 Å². The number of carbonyl (C=O) groups is 2. The van der Waals surface area contributed by atoms with E-state index < -0.39 is 0 Å². The molecule has 0 rings (SSSR count). The molecule has 0 radical (unpaired) electrons. The molecule has 0 aromatic carbocycles. The van der Waals surface area contributed by atoms with Crippen molar-refractivity contribution in [2.45, 2.75) is 213 Å². The maximum atomic E-state index is 13.4. The minimum Gasteiger partial charge on any atom is -0.462 e. The Morgan fingerprint density at radius 3 is 1.33 bits per heavy atom. The third-order valence-corrected chi connectivity index (χ3v) is 9.22. The molecule has 0 amide bonds. The Kier molecular flexibility index (Phi) is 33.4. The smallest absolute Gasteiger partial charge is 0.309 e. The van der Waals surface area contributed by atoms with E-state index in [2.05, 4.69) is 39.8 Å². The molecule has 0 aliphatic carbocycles. The number of rotatable bonds is 35. The van der Waals surface area contributed by atoms with Gasteiger partial charge in [0.2, 0.25) is 0 Å². The number of hydrogen-bond donors (Lipinski definition) is 0. The topological polar surface area (TPSA) is 55.8 Å². The molecule has 0 spiro atoms. The molecule has 0 N–H and O–H groups in total. The summed E-state index contributed by atoms with van der Waals surface area (Å²) >= 11 is 0. The van der Waals surface area contributed by atoms with Crippen molar-refractivity contribution in [1.82, 2.24) is 4.90 Å². The molecule has 1 atom stereocenters. The van der Waals surface area contributed by atoms with E-state index in [1.165, 1.54) is 122 Å². The lowest BCUT2D eigenvalue weighted by Crippen LogP contribution is -2.28. The van der Waals surface area contributed by atoms with E-state index in [1.54, 1.807) is 0 Å². The monoisotopic (exact) mass is 638 g/mol. The van der Waals surface area contributed by atoms with Crippen LogP contribution in [0.3, 0.4) is 0 Å². The van der Waals surface area contributed by atoms with E-state index in [0.717, 1.165) is 64.3 Å². The molecule has 45 heavy (non-hydrogen) atoms. The van der Waals surface area contributed by atoms with Crippen molar-refractivity contribution in [3.8, 4) is 0 Å². The fourth-order valence-corrected chi connectivity index (χ4v) is 6.17. The number of nitrogens with zero attached hydrogens (tertiary/aromatic N) is 1. The zero-order chi connectivity index (χ0) is 33.2. The number of esters is 2. The van der Waals surface area contributed by atoms with Gasteiger partial charge in [-0.2, -0.15) is 0 Å². The van der Waals surface area contributed by atoms with Crippen molar-refractivity contribution >= 4 is 11.9 Å². The number of ether oxygens (including phenoxy) is 2. The third kappa shape index (κ3) is 31.3. The van der Waals surface area contributed by atoms with E-state index in [0.29, 0.717) is 6.42 Å². The van der Waals surface area contributed by atoms with Gasteiger partial charge in [-0.1, -0.05) is 162 Å². The Morgan fingerprint density at radius 1 is 0.511 bits per heavy atom. The minimum absolute atomic E-state index is 0.0219.